The molecule has 0 saturated heterocycles. The molecule has 1 aromatic rings. The van der Waals surface area contributed by atoms with Gasteiger partial charge in [0.25, 0.3) is 0 Å². The molecule has 0 bridgehead atoms. The van der Waals surface area contributed by atoms with E-state index in [1.165, 1.54) is 0 Å². The topological polar surface area (TPSA) is 26.7 Å². The Morgan fingerprint density at radius 3 is 2.32 bits per heavy atom. The van der Waals surface area contributed by atoms with Crippen molar-refractivity contribution in [1.82, 2.24) is 4.90 Å². The molecule has 0 aliphatic carbocycles. The van der Waals surface area contributed by atoms with E-state index >= 15 is 0 Å². The zero-order chi connectivity index (χ0) is 14.4. The Hall–Kier alpha value is -1.06. The largest absolute Gasteiger partial charge is 0.388 e. The monoisotopic (exact) mass is 264 g/mol. The molecule has 1 aromatic carbocycles. The summed E-state index contributed by atoms with van der Waals surface area (Å²) < 4.78 is 0. The SMILES string of the molecule is CC[C@H](O)c1ccccc1N(CC)C(C)CN(C)C. The molecule has 19 heavy (non-hydrogen) atoms. The highest BCUT2D eigenvalue weighted by Gasteiger charge is 2.19. The average Bonchev–Trinajstić information content (AvgIpc) is 2.38. The third-order valence-electron chi connectivity index (χ3n) is 3.49. The van der Waals surface area contributed by atoms with Gasteiger partial charge >= 0.3 is 0 Å². The van der Waals surface area contributed by atoms with E-state index in [1.54, 1.807) is 0 Å². The minimum Gasteiger partial charge on any atom is -0.388 e. The van der Waals surface area contributed by atoms with E-state index in [0.29, 0.717) is 6.04 Å². The summed E-state index contributed by atoms with van der Waals surface area (Å²) in [5, 5.41) is 10.2. The first-order chi connectivity index (χ1) is 9.01. The van der Waals surface area contributed by atoms with Gasteiger partial charge in [-0.3, -0.25) is 0 Å². The average molecular weight is 264 g/mol. The summed E-state index contributed by atoms with van der Waals surface area (Å²) in [4.78, 5) is 4.57. The number of anilines is 1. The third-order valence-corrected chi connectivity index (χ3v) is 3.49. The van der Waals surface area contributed by atoms with Crippen LogP contribution in [0.2, 0.25) is 0 Å². The first kappa shape index (κ1) is 16.0. The molecule has 0 aliphatic rings. The second-order valence-corrected chi connectivity index (χ2v) is 5.38. The summed E-state index contributed by atoms with van der Waals surface area (Å²) in [6, 6.07) is 8.62. The Labute approximate surface area is 117 Å². The number of hydrogen-bond donors (Lipinski definition) is 1. The van der Waals surface area contributed by atoms with Gasteiger partial charge in [0.15, 0.2) is 0 Å². The number of aliphatic hydroxyl groups is 1. The van der Waals surface area contributed by atoms with Crippen molar-refractivity contribution in [2.24, 2.45) is 0 Å². The van der Waals surface area contributed by atoms with Gasteiger partial charge in [0, 0.05) is 30.4 Å². The predicted octanol–water partition coefficient (Wildman–Crippen LogP) is 2.91. The second-order valence-electron chi connectivity index (χ2n) is 5.38. The molecule has 0 amide bonds. The molecule has 3 nitrogen and oxygen atoms in total. The summed E-state index contributed by atoms with van der Waals surface area (Å²) in [5.74, 6) is 0. The number of para-hydroxylation sites is 1. The normalized spacial score (nSPS) is 14.5. The molecule has 108 valence electrons. The lowest BCUT2D eigenvalue weighted by Crippen LogP contribution is -2.40. The van der Waals surface area contributed by atoms with Crippen molar-refractivity contribution in [1.29, 1.82) is 0 Å². The predicted molar refractivity (Wildman–Crippen MR) is 82.7 cm³/mol. The van der Waals surface area contributed by atoms with Crippen molar-refractivity contribution in [3.05, 3.63) is 29.8 Å². The molecule has 0 aromatic heterocycles. The van der Waals surface area contributed by atoms with Crippen LogP contribution in [-0.2, 0) is 0 Å². The Balaban J connectivity index is 3.04. The lowest BCUT2D eigenvalue weighted by molar-refractivity contribution is 0.174. The van der Waals surface area contributed by atoms with Crippen LogP contribution in [0.3, 0.4) is 0 Å². The minimum atomic E-state index is -0.378. The van der Waals surface area contributed by atoms with Crippen LogP contribution in [0.1, 0.15) is 38.9 Å². The van der Waals surface area contributed by atoms with Crippen LogP contribution in [0.4, 0.5) is 5.69 Å². The van der Waals surface area contributed by atoms with Crippen LogP contribution in [-0.4, -0.2) is 43.2 Å². The first-order valence-electron chi connectivity index (χ1n) is 7.19. The van der Waals surface area contributed by atoms with Crippen molar-refractivity contribution in [3.8, 4) is 0 Å². The number of likely N-dealkylation sites (N-methyl/N-ethyl adjacent to an activating group) is 2. The first-order valence-corrected chi connectivity index (χ1v) is 7.19. The lowest BCUT2D eigenvalue weighted by atomic mass is 10.0. The van der Waals surface area contributed by atoms with Crippen LogP contribution in [0.25, 0.3) is 0 Å². The molecule has 0 spiro atoms. The molecule has 1 N–H and O–H groups in total. The number of aliphatic hydroxyl groups excluding tert-OH is 1. The van der Waals surface area contributed by atoms with E-state index in [-0.39, 0.29) is 6.10 Å². The molecular formula is C16H28N2O. The molecule has 1 rings (SSSR count). The fourth-order valence-corrected chi connectivity index (χ4v) is 2.60. The van der Waals surface area contributed by atoms with E-state index < -0.39 is 0 Å². The van der Waals surface area contributed by atoms with E-state index in [1.807, 2.05) is 25.1 Å². The Kier molecular flexibility index (Phi) is 6.32. The van der Waals surface area contributed by atoms with Gasteiger partial charge in [0.2, 0.25) is 0 Å². The number of benzene rings is 1. The quantitative estimate of drug-likeness (QED) is 0.820. The molecule has 0 radical (unpaired) electrons. The van der Waals surface area contributed by atoms with Crippen LogP contribution in [0.15, 0.2) is 24.3 Å². The van der Waals surface area contributed by atoms with Crippen LogP contribution in [0.5, 0.6) is 0 Å². The maximum Gasteiger partial charge on any atom is 0.0807 e. The maximum atomic E-state index is 10.2. The van der Waals surface area contributed by atoms with Gasteiger partial charge in [-0.15, -0.1) is 0 Å². The Morgan fingerprint density at radius 1 is 1.16 bits per heavy atom. The van der Waals surface area contributed by atoms with Gasteiger partial charge in [0.05, 0.1) is 6.10 Å². The summed E-state index contributed by atoms with van der Waals surface area (Å²) in [5.41, 5.74) is 2.20. The van der Waals surface area contributed by atoms with Gasteiger partial charge < -0.3 is 14.9 Å². The molecule has 0 aliphatic heterocycles. The molecule has 0 saturated carbocycles. The van der Waals surface area contributed by atoms with Crippen LogP contribution >= 0.6 is 0 Å². The van der Waals surface area contributed by atoms with Crippen LogP contribution in [0, 0.1) is 0 Å². The van der Waals surface area contributed by atoms with Gasteiger partial charge in [-0.25, -0.2) is 0 Å². The fourth-order valence-electron chi connectivity index (χ4n) is 2.60. The number of rotatable bonds is 7. The van der Waals surface area contributed by atoms with E-state index in [4.69, 9.17) is 0 Å². The van der Waals surface area contributed by atoms with E-state index in [2.05, 4.69) is 43.8 Å². The fraction of sp³-hybridized carbons (Fsp3) is 0.625. The van der Waals surface area contributed by atoms with Gasteiger partial charge in [0.1, 0.15) is 0 Å². The maximum absolute atomic E-state index is 10.2. The zero-order valence-corrected chi connectivity index (χ0v) is 12.9. The molecule has 0 fully saturated rings. The number of nitrogens with zero attached hydrogens (tertiary/aromatic N) is 2. The highest BCUT2D eigenvalue weighted by Crippen LogP contribution is 2.29. The number of hydrogen-bond acceptors (Lipinski definition) is 3. The molecule has 3 heteroatoms. The Morgan fingerprint density at radius 2 is 1.79 bits per heavy atom. The summed E-state index contributed by atoms with van der Waals surface area (Å²) in [6.45, 7) is 8.37. The van der Waals surface area contributed by atoms with Crippen molar-refractivity contribution in [2.45, 2.75) is 39.3 Å². The third kappa shape index (κ3) is 4.22. The van der Waals surface area contributed by atoms with Crippen LogP contribution < -0.4 is 4.90 Å². The van der Waals surface area contributed by atoms with Crippen molar-refractivity contribution in [3.63, 3.8) is 0 Å². The molecular weight excluding hydrogens is 236 g/mol. The van der Waals surface area contributed by atoms with E-state index in [0.717, 1.165) is 30.8 Å². The highest BCUT2D eigenvalue weighted by atomic mass is 16.3. The standard InChI is InChI=1S/C16H28N2O/c1-6-16(19)14-10-8-9-11-15(14)18(7-2)13(3)12-17(4)5/h8-11,13,16,19H,6-7,12H2,1-5H3/t13?,16-/m0/s1. The van der Waals surface area contributed by atoms with Gasteiger partial charge in [-0.2, -0.15) is 0 Å². The second kappa shape index (κ2) is 7.51. The summed E-state index contributed by atoms with van der Waals surface area (Å²) in [7, 11) is 4.19. The van der Waals surface area contributed by atoms with Gasteiger partial charge in [-0.05, 0) is 40.4 Å². The minimum absolute atomic E-state index is 0.378. The highest BCUT2D eigenvalue weighted by molar-refractivity contribution is 5.55. The molecule has 2 atom stereocenters. The zero-order valence-electron chi connectivity index (χ0n) is 12.9. The van der Waals surface area contributed by atoms with E-state index in [9.17, 15) is 5.11 Å². The molecule has 1 unspecified atom stereocenters. The lowest BCUT2D eigenvalue weighted by Gasteiger charge is -2.34. The summed E-state index contributed by atoms with van der Waals surface area (Å²) in [6.07, 6.45) is 0.369. The summed E-state index contributed by atoms with van der Waals surface area (Å²) >= 11 is 0. The Bertz CT molecular complexity index is 379. The van der Waals surface area contributed by atoms with Crippen molar-refractivity contribution < 1.29 is 5.11 Å². The van der Waals surface area contributed by atoms with Gasteiger partial charge in [-0.1, -0.05) is 25.1 Å². The smallest absolute Gasteiger partial charge is 0.0807 e. The molecule has 0 heterocycles. The van der Waals surface area contributed by atoms with Crippen molar-refractivity contribution in [2.75, 3.05) is 32.1 Å². The van der Waals surface area contributed by atoms with Crippen molar-refractivity contribution >= 4 is 5.69 Å².